The third kappa shape index (κ3) is 5.95. The molecule has 0 aromatic heterocycles. The lowest BCUT2D eigenvalue weighted by atomic mass is 10.1. The highest BCUT2D eigenvalue weighted by atomic mass is 31.1. The molecule has 1 aromatic rings. The maximum atomic E-state index is 10.8. The average Bonchev–Trinajstić information content (AvgIpc) is 2.72. The van der Waals surface area contributed by atoms with Gasteiger partial charge in [0.2, 0.25) is 0 Å². The van der Waals surface area contributed by atoms with Gasteiger partial charge in [0.05, 0.1) is 5.56 Å². The van der Waals surface area contributed by atoms with Crippen LogP contribution in [0.5, 0.6) is 0 Å². The van der Waals surface area contributed by atoms with Gasteiger partial charge in [-0.25, -0.2) is 4.79 Å². The second-order valence-corrected chi connectivity index (χ2v) is 6.00. The van der Waals surface area contributed by atoms with Crippen LogP contribution in [0.1, 0.15) is 42.6 Å². The molecule has 0 bridgehead atoms. The second kappa shape index (κ2) is 8.03. The van der Waals surface area contributed by atoms with Crippen LogP contribution in [-0.2, 0) is 15.9 Å². The highest BCUT2D eigenvalue weighted by molar-refractivity contribution is 7.37. The van der Waals surface area contributed by atoms with Crippen LogP contribution in [0.15, 0.2) is 24.3 Å². The van der Waals surface area contributed by atoms with Gasteiger partial charge in [0.15, 0.2) is 6.16 Å². The third-order valence-electron chi connectivity index (χ3n) is 2.73. The van der Waals surface area contributed by atoms with Gasteiger partial charge in [-0.1, -0.05) is 32.0 Å². The van der Waals surface area contributed by atoms with Crippen LogP contribution in [0.3, 0.4) is 0 Å². The lowest BCUT2D eigenvalue weighted by molar-refractivity contribution is 0.0535. The van der Waals surface area contributed by atoms with Crippen molar-refractivity contribution < 1.29 is 19.0 Å². The SMILES string of the molecule is CC(C)CCC[P+](=O)O.O=C1OCc2ccccc21. The van der Waals surface area contributed by atoms with E-state index in [2.05, 4.69) is 13.8 Å². The summed E-state index contributed by atoms with van der Waals surface area (Å²) in [4.78, 5) is 19.2. The Morgan fingerprint density at radius 1 is 1.37 bits per heavy atom. The number of carbonyl (C=O) groups excluding carboxylic acids is 1. The number of cyclic esters (lactones) is 1. The van der Waals surface area contributed by atoms with E-state index in [0.29, 0.717) is 24.3 Å². The first-order chi connectivity index (χ1) is 9.00. The number of carbonyl (C=O) groups is 1. The fourth-order valence-corrected chi connectivity index (χ4v) is 2.15. The van der Waals surface area contributed by atoms with E-state index in [-0.39, 0.29) is 5.97 Å². The van der Waals surface area contributed by atoms with Crippen LogP contribution in [-0.4, -0.2) is 17.0 Å². The second-order valence-electron chi connectivity index (χ2n) is 4.85. The van der Waals surface area contributed by atoms with Crippen molar-refractivity contribution in [3.8, 4) is 0 Å². The van der Waals surface area contributed by atoms with Gasteiger partial charge in [-0.15, -0.1) is 0 Å². The number of hydrogen-bond donors (Lipinski definition) is 1. The highest BCUT2D eigenvalue weighted by Crippen LogP contribution is 2.18. The molecule has 1 aliphatic rings. The zero-order valence-corrected chi connectivity index (χ0v) is 12.2. The first-order valence-electron chi connectivity index (χ1n) is 6.39. The van der Waals surface area contributed by atoms with Crippen LogP contribution < -0.4 is 0 Å². The van der Waals surface area contributed by atoms with E-state index in [4.69, 9.17) is 9.63 Å². The van der Waals surface area contributed by atoms with Crippen molar-refractivity contribution in [2.24, 2.45) is 5.92 Å². The molecule has 2 rings (SSSR count). The van der Waals surface area contributed by atoms with Crippen LogP contribution in [0.25, 0.3) is 0 Å². The summed E-state index contributed by atoms with van der Waals surface area (Å²) in [6.07, 6.45) is 2.40. The number of ether oxygens (including phenoxy) is 1. The molecule has 0 saturated carbocycles. The Balaban J connectivity index is 0.000000192. The van der Waals surface area contributed by atoms with E-state index in [9.17, 15) is 9.36 Å². The van der Waals surface area contributed by atoms with E-state index in [0.717, 1.165) is 18.4 Å². The smallest absolute Gasteiger partial charge is 0.457 e. The molecule has 1 unspecified atom stereocenters. The highest BCUT2D eigenvalue weighted by Gasteiger charge is 2.18. The molecular weight excluding hydrogens is 263 g/mol. The maximum absolute atomic E-state index is 10.8. The molecule has 5 heteroatoms. The van der Waals surface area contributed by atoms with Gasteiger partial charge >= 0.3 is 14.0 Å². The van der Waals surface area contributed by atoms with Gasteiger partial charge in [0.1, 0.15) is 6.61 Å². The van der Waals surface area contributed by atoms with Gasteiger partial charge in [-0.05, 0) is 29.4 Å². The topological polar surface area (TPSA) is 63.6 Å². The Hall–Kier alpha value is -1.25. The van der Waals surface area contributed by atoms with Gasteiger partial charge in [0.25, 0.3) is 0 Å². The summed E-state index contributed by atoms with van der Waals surface area (Å²) >= 11 is 0. The standard InChI is InChI=1S/C8H6O2.C6H13O2P/c9-8-7-4-2-1-3-6(7)5-10-8;1-6(2)4-3-5-9(7)8/h1-4H,5H2;6H,3-5H2,1-2H3/p+1. The lowest BCUT2D eigenvalue weighted by Crippen LogP contribution is -1.91. The van der Waals surface area contributed by atoms with Gasteiger partial charge in [-0.3, -0.25) is 0 Å². The van der Waals surface area contributed by atoms with Crippen molar-refractivity contribution in [1.82, 2.24) is 0 Å². The van der Waals surface area contributed by atoms with E-state index < -0.39 is 8.03 Å². The summed E-state index contributed by atoms with van der Waals surface area (Å²) in [6, 6.07) is 7.43. The molecule has 0 radical (unpaired) electrons. The monoisotopic (exact) mass is 283 g/mol. The first-order valence-corrected chi connectivity index (χ1v) is 7.79. The van der Waals surface area contributed by atoms with E-state index in [1.165, 1.54) is 0 Å². The molecular formula is C14H20O4P+. The van der Waals surface area contributed by atoms with Crippen molar-refractivity contribution in [1.29, 1.82) is 0 Å². The van der Waals surface area contributed by atoms with Crippen LogP contribution >= 0.6 is 8.03 Å². The summed E-state index contributed by atoms with van der Waals surface area (Å²) in [5.41, 5.74) is 1.70. The molecule has 0 spiro atoms. The fourth-order valence-electron chi connectivity index (χ4n) is 1.70. The molecule has 0 aliphatic carbocycles. The van der Waals surface area contributed by atoms with Crippen molar-refractivity contribution in [2.75, 3.05) is 6.16 Å². The van der Waals surface area contributed by atoms with E-state index in [1.54, 1.807) is 6.07 Å². The van der Waals surface area contributed by atoms with Crippen molar-refractivity contribution in [2.45, 2.75) is 33.3 Å². The van der Waals surface area contributed by atoms with Crippen LogP contribution in [0, 0.1) is 5.92 Å². The number of rotatable bonds is 4. The number of esters is 1. The maximum Gasteiger partial charge on any atom is 0.505 e. The summed E-state index contributed by atoms with van der Waals surface area (Å²) < 4.78 is 14.9. The molecule has 4 nitrogen and oxygen atoms in total. The van der Waals surface area contributed by atoms with E-state index in [1.807, 2.05) is 18.2 Å². The Kier molecular flexibility index (Phi) is 6.68. The fraction of sp³-hybridized carbons (Fsp3) is 0.500. The minimum absolute atomic E-state index is 0.199. The summed E-state index contributed by atoms with van der Waals surface area (Å²) in [6.45, 7) is 4.67. The first kappa shape index (κ1) is 15.8. The molecule has 1 atom stereocenters. The predicted molar refractivity (Wildman–Crippen MR) is 74.3 cm³/mol. The number of hydrogen-bond acceptors (Lipinski definition) is 3. The largest absolute Gasteiger partial charge is 0.505 e. The molecule has 1 N–H and O–H groups in total. The molecule has 0 saturated heterocycles. The summed E-state index contributed by atoms with van der Waals surface area (Å²) in [7, 11) is -1.88. The minimum Gasteiger partial charge on any atom is -0.457 e. The van der Waals surface area contributed by atoms with Gasteiger partial charge < -0.3 is 4.74 Å². The van der Waals surface area contributed by atoms with Crippen molar-refractivity contribution in [3.63, 3.8) is 0 Å². The number of fused-ring (bicyclic) bond motifs is 1. The van der Waals surface area contributed by atoms with Crippen molar-refractivity contribution in [3.05, 3.63) is 35.4 Å². The Labute approximate surface area is 114 Å². The average molecular weight is 283 g/mol. The molecule has 0 fully saturated rings. The lowest BCUT2D eigenvalue weighted by Gasteiger charge is -1.96. The predicted octanol–water partition coefficient (Wildman–Crippen LogP) is 3.51. The third-order valence-corrected chi connectivity index (χ3v) is 3.43. The van der Waals surface area contributed by atoms with E-state index >= 15 is 0 Å². The quantitative estimate of drug-likeness (QED) is 0.678. The zero-order chi connectivity index (χ0) is 14.3. The molecule has 0 amide bonds. The van der Waals surface area contributed by atoms with Gasteiger partial charge in [0, 0.05) is 5.56 Å². The normalized spacial score (nSPS) is 13.5. The molecule has 1 aliphatic heterocycles. The zero-order valence-electron chi connectivity index (χ0n) is 11.3. The Morgan fingerprint density at radius 2 is 2.05 bits per heavy atom. The number of benzene rings is 1. The summed E-state index contributed by atoms with van der Waals surface area (Å²) in [5.74, 6) is 0.454. The molecule has 1 aromatic carbocycles. The minimum atomic E-state index is -1.88. The Morgan fingerprint density at radius 3 is 2.63 bits per heavy atom. The summed E-state index contributed by atoms with van der Waals surface area (Å²) in [5, 5.41) is 0. The van der Waals surface area contributed by atoms with Gasteiger partial charge in [-0.2, -0.15) is 4.89 Å². The Bertz CT molecular complexity index is 443. The van der Waals surface area contributed by atoms with Crippen LogP contribution in [0.4, 0.5) is 0 Å². The van der Waals surface area contributed by atoms with Crippen molar-refractivity contribution >= 4 is 14.0 Å². The molecule has 104 valence electrons. The van der Waals surface area contributed by atoms with Crippen LogP contribution in [0.2, 0.25) is 0 Å². The molecule has 1 heterocycles. The molecule has 19 heavy (non-hydrogen) atoms.